The first-order chi connectivity index (χ1) is 10.5. The average Bonchev–Trinajstić information content (AvgIpc) is 3.07. The first kappa shape index (κ1) is 15.7. The highest BCUT2D eigenvalue weighted by Gasteiger charge is 2.22. The molecule has 0 spiro atoms. The van der Waals surface area contributed by atoms with Gasteiger partial charge in [-0.15, -0.1) is 11.3 Å². The van der Waals surface area contributed by atoms with Gasteiger partial charge in [0.15, 0.2) is 0 Å². The second-order valence-electron chi connectivity index (χ2n) is 5.67. The number of piperidine rings is 1. The van der Waals surface area contributed by atoms with Crippen LogP contribution >= 0.6 is 11.3 Å². The van der Waals surface area contributed by atoms with Crippen LogP contribution in [0.5, 0.6) is 0 Å². The van der Waals surface area contributed by atoms with Crippen LogP contribution in [0.4, 0.5) is 0 Å². The van der Waals surface area contributed by atoms with Crippen LogP contribution in [-0.4, -0.2) is 48.5 Å². The molecule has 1 unspecified atom stereocenters. The first-order valence-electron chi connectivity index (χ1n) is 7.26. The van der Waals surface area contributed by atoms with Crippen LogP contribution in [0.15, 0.2) is 29.8 Å². The minimum absolute atomic E-state index is 0.00363. The number of nitrogens with one attached hydrogen (secondary N) is 1. The molecule has 0 radical (unpaired) electrons. The van der Waals surface area contributed by atoms with Crippen molar-refractivity contribution < 1.29 is 8.42 Å². The van der Waals surface area contributed by atoms with E-state index >= 15 is 0 Å². The standard InChI is InChI=1S/C14H20N4O2S2/c1-22(19,20)16-12-4-2-7-17(10-12)11-18-8-6-13(15-18)14-5-3-9-21-14/h3,5-6,8-9,12,16H,2,4,7,10-11H2,1H3. The summed E-state index contributed by atoms with van der Waals surface area (Å²) in [5, 5.41) is 6.64. The van der Waals surface area contributed by atoms with Gasteiger partial charge < -0.3 is 0 Å². The van der Waals surface area contributed by atoms with E-state index in [0.29, 0.717) is 6.67 Å². The molecule has 22 heavy (non-hydrogen) atoms. The summed E-state index contributed by atoms with van der Waals surface area (Å²) in [5.41, 5.74) is 0.984. The third kappa shape index (κ3) is 4.16. The van der Waals surface area contributed by atoms with Gasteiger partial charge in [-0.05, 0) is 30.4 Å². The lowest BCUT2D eigenvalue weighted by atomic mass is 10.1. The van der Waals surface area contributed by atoms with Crippen molar-refractivity contribution in [3.8, 4) is 10.6 Å². The zero-order valence-electron chi connectivity index (χ0n) is 12.5. The van der Waals surface area contributed by atoms with E-state index in [9.17, 15) is 8.42 Å². The van der Waals surface area contributed by atoms with Crippen molar-refractivity contribution in [1.82, 2.24) is 19.4 Å². The van der Waals surface area contributed by atoms with Gasteiger partial charge in [0.05, 0.1) is 17.8 Å². The van der Waals surface area contributed by atoms with E-state index in [1.54, 1.807) is 11.3 Å². The van der Waals surface area contributed by atoms with Crippen LogP contribution in [-0.2, 0) is 16.7 Å². The van der Waals surface area contributed by atoms with Gasteiger partial charge >= 0.3 is 0 Å². The van der Waals surface area contributed by atoms with Gasteiger partial charge in [-0.25, -0.2) is 13.1 Å². The van der Waals surface area contributed by atoms with E-state index in [4.69, 9.17) is 0 Å². The van der Waals surface area contributed by atoms with Crippen LogP contribution in [0.25, 0.3) is 10.6 Å². The zero-order valence-corrected chi connectivity index (χ0v) is 14.1. The molecule has 2 aromatic rings. The summed E-state index contributed by atoms with van der Waals surface area (Å²) in [6, 6.07) is 6.09. The molecule has 1 saturated heterocycles. The summed E-state index contributed by atoms with van der Waals surface area (Å²) in [6.07, 6.45) is 5.07. The Balaban J connectivity index is 1.61. The fraction of sp³-hybridized carbons (Fsp3) is 0.500. The van der Waals surface area contributed by atoms with Crippen LogP contribution in [0.2, 0.25) is 0 Å². The van der Waals surface area contributed by atoms with Gasteiger partial charge in [0, 0.05) is 25.3 Å². The lowest BCUT2D eigenvalue weighted by Crippen LogP contribution is -2.47. The predicted molar refractivity (Wildman–Crippen MR) is 88.1 cm³/mol. The Morgan fingerprint density at radius 3 is 3.05 bits per heavy atom. The van der Waals surface area contributed by atoms with Gasteiger partial charge in [-0.3, -0.25) is 9.58 Å². The van der Waals surface area contributed by atoms with Gasteiger partial charge in [-0.2, -0.15) is 5.10 Å². The van der Waals surface area contributed by atoms with E-state index < -0.39 is 10.0 Å². The highest BCUT2D eigenvalue weighted by Crippen LogP contribution is 2.22. The molecule has 1 atom stereocenters. The van der Waals surface area contributed by atoms with Crippen molar-refractivity contribution in [3.63, 3.8) is 0 Å². The second-order valence-corrected chi connectivity index (χ2v) is 8.39. The molecule has 0 saturated carbocycles. The Bertz CT molecular complexity index is 709. The quantitative estimate of drug-likeness (QED) is 0.897. The minimum atomic E-state index is -3.14. The van der Waals surface area contributed by atoms with Crippen molar-refractivity contribution in [2.75, 3.05) is 19.3 Å². The third-order valence-electron chi connectivity index (χ3n) is 3.65. The van der Waals surface area contributed by atoms with Crippen LogP contribution in [0.1, 0.15) is 12.8 Å². The largest absolute Gasteiger partial charge is 0.283 e. The van der Waals surface area contributed by atoms with E-state index in [2.05, 4.69) is 20.8 Å². The number of thiophene rings is 1. The molecular weight excluding hydrogens is 320 g/mol. The summed E-state index contributed by atoms with van der Waals surface area (Å²) in [4.78, 5) is 3.39. The predicted octanol–water partition coefficient (Wildman–Crippen LogP) is 1.58. The molecule has 0 amide bonds. The van der Waals surface area contributed by atoms with E-state index in [-0.39, 0.29) is 6.04 Å². The Morgan fingerprint density at radius 1 is 1.45 bits per heavy atom. The average molecular weight is 340 g/mol. The van der Waals surface area contributed by atoms with Crippen LogP contribution in [0, 0.1) is 0 Å². The monoisotopic (exact) mass is 340 g/mol. The summed E-state index contributed by atoms with van der Waals surface area (Å²) >= 11 is 1.68. The fourth-order valence-electron chi connectivity index (χ4n) is 2.78. The molecule has 120 valence electrons. The maximum absolute atomic E-state index is 11.4. The molecule has 1 aliphatic rings. The van der Waals surface area contributed by atoms with Gasteiger partial charge in [0.1, 0.15) is 5.69 Å². The lowest BCUT2D eigenvalue weighted by molar-refractivity contribution is 0.154. The number of hydrogen-bond acceptors (Lipinski definition) is 5. The van der Waals surface area contributed by atoms with Crippen LogP contribution in [0.3, 0.4) is 0 Å². The first-order valence-corrected chi connectivity index (χ1v) is 10.0. The molecule has 3 heterocycles. The molecule has 3 rings (SSSR count). The van der Waals surface area contributed by atoms with E-state index in [1.807, 2.05) is 28.4 Å². The van der Waals surface area contributed by atoms with Crippen molar-refractivity contribution in [2.24, 2.45) is 0 Å². The minimum Gasteiger partial charge on any atom is -0.283 e. The number of sulfonamides is 1. The molecular formula is C14H20N4O2S2. The Kier molecular flexibility index (Phi) is 4.62. The van der Waals surface area contributed by atoms with Gasteiger partial charge in [0.25, 0.3) is 0 Å². The Morgan fingerprint density at radius 2 is 2.32 bits per heavy atom. The lowest BCUT2D eigenvalue weighted by Gasteiger charge is -2.32. The topological polar surface area (TPSA) is 67.2 Å². The molecule has 0 aromatic carbocycles. The fourth-order valence-corrected chi connectivity index (χ4v) is 4.27. The molecule has 8 heteroatoms. The summed E-state index contributed by atoms with van der Waals surface area (Å²) < 4.78 is 27.3. The maximum atomic E-state index is 11.4. The molecule has 2 aromatic heterocycles. The van der Waals surface area contributed by atoms with Crippen molar-refractivity contribution in [2.45, 2.75) is 25.6 Å². The highest BCUT2D eigenvalue weighted by atomic mass is 32.2. The number of nitrogens with zero attached hydrogens (tertiary/aromatic N) is 3. The number of hydrogen-bond donors (Lipinski definition) is 1. The molecule has 1 fully saturated rings. The van der Waals surface area contributed by atoms with Crippen molar-refractivity contribution in [1.29, 1.82) is 0 Å². The SMILES string of the molecule is CS(=O)(=O)NC1CCCN(Cn2ccc(-c3cccs3)n2)C1. The molecule has 6 nitrogen and oxygen atoms in total. The van der Waals surface area contributed by atoms with Gasteiger partial charge in [0.2, 0.25) is 10.0 Å². The summed E-state index contributed by atoms with van der Waals surface area (Å²) in [5.74, 6) is 0. The second kappa shape index (κ2) is 6.49. The zero-order chi connectivity index (χ0) is 15.6. The summed E-state index contributed by atoms with van der Waals surface area (Å²) in [7, 11) is -3.14. The third-order valence-corrected chi connectivity index (χ3v) is 5.30. The van der Waals surface area contributed by atoms with Crippen molar-refractivity contribution in [3.05, 3.63) is 29.8 Å². The molecule has 0 aliphatic carbocycles. The molecule has 1 aliphatic heterocycles. The number of likely N-dealkylation sites (tertiary alicyclic amines) is 1. The summed E-state index contributed by atoms with van der Waals surface area (Å²) in [6.45, 7) is 2.38. The van der Waals surface area contributed by atoms with Crippen LogP contribution < -0.4 is 4.72 Å². The molecule has 1 N–H and O–H groups in total. The number of aromatic nitrogens is 2. The number of rotatable bonds is 5. The van der Waals surface area contributed by atoms with Gasteiger partial charge in [-0.1, -0.05) is 6.07 Å². The van der Waals surface area contributed by atoms with E-state index in [0.717, 1.165) is 36.5 Å². The van der Waals surface area contributed by atoms with E-state index in [1.165, 1.54) is 6.26 Å². The highest BCUT2D eigenvalue weighted by molar-refractivity contribution is 7.88. The Hall–Kier alpha value is -1.22. The smallest absolute Gasteiger partial charge is 0.208 e. The Labute approximate surface area is 134 Å². The molecule has 0 bridgehead atoms. The van der Waals surface area contributed by atoms with Crippen molar-refractivity contribution >= 4 is 21.4 Å². The normalized spacial score (nSPS) is 20.3. The maximum Gasteiger partial charge on any atom is 0.208 e.